The van der Waals surface area contributed by atoms with Crippen molar-refractivity contribution in [3.05, 3.63) is 24.3 Å². The number of benzene rings is 1. The van der Waals surface area contributed by atoms with E-state index >= 15 is 0 Å². The van der Waals surface area contributed by atoms with E-state index < -0.39 is 45.1 Å². The van der Waals surface area contributed by atoms with Crippen LogP contribution in [0.5, 0.6) is 0 Å². The Bertz CT molecular complexity index is 1240. The van der Waals surface area contributed by atoms with Crippen LogP contribution in [-0.4, -0.2) is 73.2 Å². The van der Waals surface area contributed by atoms with Crippen LogP contribution in [0.25, 0.3) is 0 Å². The number of rotatable bonds is 7. The molecular formula is C27H37N5O6S. The van der Waals surface area contributed by atoms with Gasteiger partial charge in [-0.2, -0.15) is 5.26 Å². The molecule has 1 amide bonds. The SMILES string of the molecule is CC(C)(C)OC(=O)[C@@H]1CC[C@@](CC#N)(N2NC(Nc3ccc(S(=O)(=O)C4CC4)cc3)C3C(=O)NCCC32)CO1. The average Bonchev–Trinajstić information content (AvgIpc) is 3.67. The number of nitriles is 1. The van der Waals surface area contributed by atoms with Gasteiger partial charge in [0.2, 0.25) is 5.91 Å². The second kappa shape index (κ2) is 10.4. The molecule has 1 aromatic carbocycles. The molecule has 0 bridgehead atoms. The number of nitrogens with zero attached hydrogens (tertiary/aromatic N) is 2. The van der Waals surface area contributed by atoms with Gasteiger partial charge >= 0.3 is 5.97 Å². The van der Waals surface area contributed by atoms with Crippen LogP contribution in [0.1, 0.15) is 59.3 Å². The number of carbonyl (C=O) groups excluding carboxylic acids is 2. The highest BCUT2D eigenvalue weighted by Crippen LogP contribution is 2.40. The molecule has 3 saturated heterocycles. The number of esters is 1. The van der Waals surface area contributed by atoms with Crippen LogP contribution in [0.3, 0.4) is 0 Å². The summed E-state index contributed by atoms with van der Waals surface area (Å²) in [6.45, 7) is 6.08. The minimum Gasteiger partial charge on any atom is -0.458 e. The molecule has 5 atom stereocenters. The first-order chi connectivity index (χ1) is 18.4. The molecule has 12 heteroatoms. The van der Waals surface area contributed by atoms with Gasteiger partial charge in [0.05, 0.1) is 40.7 Å². The lowest BCUT2D eigenvalue weighted by atomic mass is 9.83. The zero-order valence-electron chi connectivity index (χ0n) is 22.6. The van der Waals surface area contributed by atoms with E-state index in [9.17, 15) is 23.3 Å². The van der Waals surface area contributed by atoms with Gasteiger partial charge in [0.1, 0.15) is 11.8 Å². The first-order valence-corrected chi connectivity index (χ1v) is 15.1. The molecule has 3 heterocycles. The van der Waals surface area contributed by atoms with E-state index in [0.717, 1.165) is 0 Å². The summed E-state index contributed by atoms with van der Waals surface area (Å²) in [5.41, 5.74) is 2.78. The van der Waals surface area contributed by atoms with Crippen molar-refractivity contribution in [3.8, 4) is 6.07 Å². The Morgan fingerprint density at radius 2 is 1.95 bits per heavy atom. The minimum atomic E-state index is -3.29. The fourth-order valence-electron chi connectivity index (χ4n) is 5.83. The van der Waals surface area contributed by atoms with E-state index in [2.05, 4.69) is 22.1 Å². The molecule has 39 heavy (non-hydrogen) atoms. The van der Waals surface area contributed by atoms with Crippen LogP contribution in [0.4, 0.5) is 5.69 Å². The molecule has 5 rings (SSSR count). The third kappa shape index (κ3) is 5.63. The highest BCUT2D eigenvalue weighted by molar-refractivity contribution is 7.92. The van der Waals surface area contributed by atoms with E-state index in [1.54, 1.807) is 24.3 Å². The molecule has 212 valence electrons. The number of ether oxygens (including phenoxy) is 2. The Hall–Kier alpha value is -2.72. The number of hydrogen-bond acceptors (Lipinski definition) is 10. The quantitative estimate of drug-likeness (QED) is 0.423. The van der Waals surface area contributed by atoms with E-state index in [4.69, 9.17) is 9.47 Å². The highest BCUT2D eigenvalue weighted by atomic mass is 32.2. The fourth-order valence-corrected chi connectivity index (χ4v) is 7.49. The normalized spacial score (nSPS) is 31.6. The van der Waals surface area contributed by atoms with Crippen molar-refractivity contribution >= 4 is 27.4 Å². The van der Waals surface area contributed by atoms with Gasteiger partial charge in [-0.05, 0) is 77.1 Å². The second-order valence-electron chi connectivity index (χ2n) is 12.0. The Morgan fingerprint density at radius 1 is 1.23 bits per heavy atom. The summed E-state index contributed by atoms with van der Waals surface area (Å²) in [6, 6.07) is 8.73. The summed E-state index contributed by atoms with van der Waals surface area (Å²) in [5, 5.41) is 17.8. The predicted octanol–water partition coefficient (Wildman–Crippen LogP) is 1.86. The van der Waals surface area contributed by atoms with E-state index in [0.29, 0.717) is 49.2 Å². The van der Waals surface area contributed by atoms with Crippen molar-refractivity contribution in [2.24, 2.45) is 5.92 Å². The second-order valence-corrected chi connectivity index (χ2v) is 14.2. The third-order valence-corrected chi connectivity index (χ3v) is 10.2. The Kier molecular flexibility index (Phi) is 7.39. The Labute approximate surface area is 229 Å². The monoisotopic (exact) mass is 559 g/mol. The van der Waals surface area contributed by atoms with Gasteiger partial charge in [-0.15, -0.1) is 0 Å². The van der Waals surface area contributed by atoms with Crippen LogP contribution >= 0.6 is 0 Å². The third-order valence-electron chi connectivity index (χ3n) is 7.91. The molecule has 3 unspecified atom stereocenters. The first-order valence-electron chi connectivity index (χ1n) is 13.6. The van der Waals surface area contributed by atoms with Crippen molar-refractivity contribution in [2.45, 2.75) is 98.9 Å². The predicted molar refractivity (Wildman–Crippen MR) is 142 cm³/mol. The summed E-state index contributed by atoms with van der Waals surface area (Å²) in [7, 11) is -3.29. The summed E-state index contributed by atoms with van der Waals surface area (Å²) >= 11 is 0. The molecule has 3 aliphatic heterocycles. The first kappa shape index (κ1) is 27.8. The number of sulfone groups is 1. The highest BCUT2D eigenvalue weighted by Gasteiger charge is 2.56. The van der Waals surface area contributed by atoms with E-state index in [1.165, 1.54) is 0 Å². The van der Waals surface area contributed by atoms with E-state index in [1.807, 2.05) is 25.8 Å². The zero-order chi connectivity index (χ0) is 28.0. The van der Waals surface area contributed by atoms with Crippen molar-refractivity contribution in [1.29, 1.82) is 5.26 Å². The number of anilines is 1. The lowest BCUT2D eigenvalue weighted by molar-refractivity contribution is -0.180. The summed E-state index contributed by atoms with van der Waals surface area (Å²) in [6.07, 6.45) is 1.97. The number of carbonyl (C=O) groups is 2. The molecule has 1 saturated carbocycles. The molecular weight excluding hydrogens is 522 g/mol. The van der Waals surface area contributed by atoms with Crippen molar-refractivity contribution in [2.75, 3.05) is 18.5 Å². The lowest BCUT2D eigenvalue weighted by Crippen LogP contribution is -2.63. The standard InChI is InChI=1S/C27H37N5O6S/c1-26(2,3)38-25(34)21-10-12-27(13-14-28,16-37-21)32-20-11-15-29-24(33)22(20)23(31-32)30-17-4-6-18(7-5-17)39(35,36)19-8-9-19/h4-7,19-23,30-31H,8-13,15-16H2,1-3H3,(H,29,33)/t20?,21-,22?,23?,27-/m0/s1. The summed E-state index contributed by atoms with van der Waals surface area (Å²) in [4.78, 5) is 26.0. The molecule has 1 aromatic rings. The lowest BCUT2D eigenvalue weighted by Gasteiger charge is -2.47. The molecule has 0 radical (unpaired) electrons. The van der Waals surface area contributed by atoms with Gasteiger partial charge in [0.15, 0.2) is 15.9 Å². The smallest absolute Gasteiger partial charge is 0.335 e. The molecule has 0 aromatic heterocycles. The average molecular weight is 560 g/mol. The van der Waals surface area contributed by atoms with Gasteiger partial charge < -0.3 is 20.1 Å². The maximum Gasteiger partial charge on any atom is 0.335 e. The Morgan fingerprint density at radius 3 is 2.54 bits per heavy atom. The van der Waals surface area contributed by atoms with Crippen molar-refractivity contribution in [1.82, 2.24) is 15.8 Å². The minimum absolute atomic E-state index is 0.0952. The van der Waals surface area contributed by atoms with Gasteiger partial charge in [0.25, 0.3) is 0 Å². The zero-order valence-corrected chi connectivity index (χ0v) is 23.4. The van der Waals surface area contributed by atoms with Crippen molar-refractivity contribution < 1.29 is 27.5 Å². The molecule has 3 N–H and O–H groups in total. The number of hydrogen-bond donors (Lipinski definition) is 3. The Balaban J connectivity index is 1.34. The van der Waals surface area contributed by atoms with Crippen molar-refractivity contribution in [3.63, 3.8) is 0 Å². The largest absolute Gasteiger partial charge is 0.458 e. The fraction of sp³-hybridized carbons (Fsp3) is 0.667. The molecule has 4 fully saturated rings. The summed E-state index contributed by atoms with van der Waals surface area (Å²) < 4.78 is 36.7. The van der Waals surface area contributed by atoms with Gasteiger partial charge in [-0.1, -0.05) is 0 Å². The van der Waals surface area contributed by atoms with Crippen LogP contribution in [0, 0.1) is 17.2 Å². The van der Waals surface area contributed by atoms with Crippen LogP contribution < -0.4 is 16.1 Å². The number of nitrogens with one attached hydrogen (secondary N) is 3. The van der Waals surface area contributed by atoms with Crippen LogP contribution in [0.2, 0.25) is 0 Å². The number of piperidine rings is 1. The van der Waals surface area contributed by atoms with Gasteiger partial charge in [-0.3, -0.25) is 4.79 Å². The topological polar surface area (TPSA) is 150 Å². The molecule has 4 aliphatic rings. The number of amides is 1. The number of fused-ring (bicyclic) bond motifs is 1. The summed E-state index contributed by atoms with van der Waals surface area (Å²) in [5.74, 6) is -0.959. The molecule has 11 nitrogen and oxygen atoms in total. The van der Waals surface area contributed by atoms with E-state index in [-0.39, 0.29) is 30.2 Å². The molecule has 0 spiro atoms. The van der Waals surface area contributed by atoms with Gasteiger partial charge in [0, 0.05) is 18.3 Å². The van der Waals surface area contributed by atoms with Crippen LogP contribution in [-0.2, 0) is 28.9 Å². The van der Waals surface area contributed by atoms with Gasteiger partial charge in [-0.25, -0.2) is 23.6 Å². The maximum absolute atomic E-state index is 13.1. The molecule has 1 aliphatic carbocycles. The maximum atomic E-state index is 13.1. The number of hydrazine groups is 1. The van der Waals surface area contributed by atoms with Crippen LogP contribution in [0.15, 0.2) is 29.2 Å².